The van der Waals surface area contributed by atoms with Crippen LogP contribution in [0.5, 0.6) is 0 Å². The summed E-state index contributed by atoms with van der Waals surface area (Å²) < 4.78 is 0. The summed E-state index contributed by atoms with van der Waals surface area (Å²) in [5, 5.41) is 24.7. The van der Waals surface area contributed by atoms with E-state index in [0.29, 0.717) is 19.5 Å². The average molecular weight is 408 g/mol. The second-order valence-corrected chi connectivity index (χ2v) is 7.23. The molecule has 0 aromatic heterocycles. The number of nitro groups is 2. The number of benzene rings is 1. The Bertz CT molecular complexity index is 727. The van der Waals surface area contributed by atoms with Crippen molar-refractivity contribution >= 4 is 23.2 Å². The predicted octanol–water partition coefficient (Wildman–Crippen LogP) is 3.30. The van der Waals surface area contributed by atoms with E-state index in [9.17, 15) is 29.8 Å². The van der Waals surface area contributed by atoms with Gasteiger partial charge < -0.3 is 10.2 Å². The monoisotopic (exact) mass is 408 g/mol. The Hall–Kier alpha value is -3.04. The summed E-state index contributed by atoms with van der Waals surface area (Å²) in [4.78, 5) is 47.9. The van der Waals surface area contributed by atoms with Crippen molar-refractivity contribution in [2.45, 2.75) is 53.0 Å². The van der Waals surface area contributed by atoms with E-state index in [1.807, 2.05) is 27.7 Å². The molecule has 10 nitrogen and oxygen atoms in total. The molecular weight excluding hydrogens is 380 g/mol. The number of nitro benzene ring substituents is 2. The lowest BCUT2D eigenvalue weighted by Gasteiger charge is -2.28. The first kappa shape index (κ1) is 24.0. The van der Waals surface area contributed by atoms with Crippen LogP contribution < -0.4 is 5.32 Å². The number of rotatable bonds is 11. The highest BCUT2D eigenvalue weighted by Crippen LogP contribution is 2.23. The molecule has 1 atom stereocenters. The Morgan fingerprint density at radius 2 is 1.48 bits per heavy atom. The van der Waals surface area contributed by atoms with E-state index in [0.717, 1.165) is 31.0 Å². The fourth-order valence-electron chi connectivity index (χ4n) is 2.96. The molecule has 1 rings (SSSR count). The van der Waals surface area contributed by atoms with Gasteiger partial charge in [-0.15, -0.1) is 0 Å². The fraction of sp³-hybridized carbons (Fsp3) is 0.579. The molecule has 0 bridgehead atoms. The fourth-order valence-corrected chi connectivity index (χ4v) is 2.96. The van der Waals surface area contributed by atoms with Gasteiger partial charge in [-0.2, -0.15) is 0 Å². The van der Waals surface area contributed by atoms with Crippen LogP contribution in [0.2, 0.25) is 0 Å². The van der Waals surface area contributed by atoms with Crippen molar-refractivity contribution in [2.24, 2.45) is 5.92 Å². The number of amides is 2. The minimum absolute atomic E-state index is 0.105. The molecule has 1 N–H and O–H groups in total. The minimum Gasteiger partial charge on any atom is -0.341 e. The Kier molecular flexibility index (Phi) is 9.17. The third-order valence-corrected chi connectivity index (χ3v) is 4.20. The van der Waals surface area contributed by atoms with Crippen LogP contribution in [0.15, 0.2) is 18.2 Å². The maximum Gasteiger partial charge on any atom is 0.277 e. The van der Waals surface area contributed by atoms with E-state index >= 15 is 0 Å². The molecule has 0 fully saturated rings. The Morgan fingerprint density at radius 3 is 1.86 bits per heavy atom. The van der Waals surface area contributed by atoms with Gasteiger partial charge in [0.2, 0.25) is 5.91 Å². The van der Waals surface area contributed by atoms with E-state index in [1.165, 1.54) is 0 Å². The summed E-state index contributed by atoms with van der Waals surface area (Å²) in [5.41, 5.74) is -1.35. The van der Waals surface area contributed by atoms with Crippen LogP contribution in [0, 0.1) is 26.1 Å². The SMILES string of the molecule is CCCN(CCC)C(=O)[C@@H](CC(C)C)NC(=O)c1cc([N+](=O)[O-])cc([N+](=O)[O-])c1. The summed E-state index contributed by atoms with van der Waals surface area (Å²) in [6.07, 6.45) is 1.92. The first-order valence-corrected chi connectivity index (χ1v) is 9.64. The van der Waals surface area contributed by atoms with Crippen LogP contribution >= 0.6 is 0 Å². The van der Waals surface area contributed by atoms with Crippen LogP contribution in [0.3, 0.4) is 0 Å². The molecule has 0 unspecified atom stereocenters. The van der Waals surface area contributed by atoms with Gasteiger partial charge in [-0.25, -0.2) is 0 Å². The molecule has 0 aliphatic rings. The van der Waals surface area contributed by atoms with E-state index in [2.05, 4.69) is 5.32 Å². The van der Waals surface area contributed by atoms with E-state index in [1.54, 1.807) is 4.90 Å². The predicted molar refractivity (Wildman–Crippen MR) is 108 cm³/mol. The molecule has 0 heterocycles. The Labute approximate surface area is 169 Å². The summed E-state index contributed by atoms with van der Waals surface area (Å²) in [6, 6.07) is 1.90. The molecule has 160 valence electrons. The van der Waals surface area contributed by atoms with Gasteiger partial charge in [0.15, 0.2) is 0 Å². The van der Waals surface area contributed by atoms with Crippen molar-refractivity contribution in [2.75, 3.05) is 13.1 Å². The van der Waals surface area contributed by atoms with Gasteiger partial charge in [-0.05, 0) is 25.2 Å². The Morgan fingerprint density at radius 1 is 1.00 bits per heavy atom. The molecule has 2 amide bonds. The molecular formula is C19H28N4O6. The van der Waals surface area contributed by atoms with Crippen molar-refractivity contribution in [3.63, 3.8) is 0 Å². The first-order valence-electron chi connectivity index (χ1n) is 9.64. The van der Waals surface area contributed by atoms with Gasteiger partial charge in [0.05, 0.1) is 21.5 Å². The lowest BCUT2D eigenvalue weighted by Crippen LogP contribution is -2.49. The van der Waals surface area contributed by atoms with Crippen molar-refractivity contribution in [3.05, 3.63) is 44.0 Å². The van der Waals surface area contributed by atoms with Crippen LogP contribution in [-0.2, 0) is 4.79 Å². The maximum absolute atomic E-state index is 13.0. The highest BCUT2D eigenvalue weighted by molar-refractivity contribution is 5.98. The van der Waals surface area contributed by atoms with Gasteiger partial charge >= 0.3 is 0 Å². The molecule has 10 heteroatoms. The topological polar surface area (TPSA) is 136 Å². The van der Waals surface area contributed by atoms with Gasteiger partial charge in [0, 0.05) is 25.2 Å². The molecule has 0 spiro atoms. The summed E-state index contributed by atoms with van der Waals surface area (Å²) in [5.74, 6) is -0.881. The van der Waals surface area contributed by atoms with Crippen molar-refractivity contribution in [1.29, 1.82) is 0 Å². The number of hydrogen-bond acceptors (Lipinski definition) is 6. The number of carbonyl (C=O) groups is 2. The quantitative estimate of drug-likeness (QED) is 0.441. The highest BCUT2D eigenvalue weighted by Gasteiger charge is 2.28. The zero-order valence-electron chi connectivity index (χ0n) is 17.2. The van der Waals surface area contributed by atoms with Gasteiger partial charge in [-0.1, -0.05) is 27.7 Å². The van der Waals surface area contributed by atoms with Crippen LogP contribution in [0.25, 0.3) is 0 Å². The number of carbonyl (C=O) groups excluding carboxylic acids is 2. The number of nitrogens with zero attached hydrogens (tertiary/aromatic N) is 3. The molecule has 0 saturated heterocycles. The average Bonchev–Trinajstić information content (AvgIpc) is 2.65. The summed E-state index contributed by atoms with van der Waals surface area (Å²) in [7, 11) is 0. The maximum atomic E-state index is 13.0. The third-order valence-electron chi connectivity index (χ3n) is 4.20. The summed E-state index contributed by atoms with van der Waals surface area (Å²) in [6.45, 7) is 8.84. The third kappa shape index (κ3) is 7.13. The highest BCUT2D eigenvalue weighted by atomic mass is 16.6. The standard InChI is InChI=1S/C19H28N4O6/c1-5-7-21(8-6-2)19(25)17(9-13(3)4)20-18(24)14-10-15(22(26)27)12-16(11-14)23(28)29/h10-13,17H,5-9H2,1-4H3,(H,20,24)/t17-/m1/s1. The van der Waals surface area contributed by atoms with Crippen LogP contribution in [-0.4, -0.2) is 45.7 Å². The number of non-ortho nitro benzene ring substituents is 2. The zero-order valence-corrected chi connectivity index (χ0v) is 17.2. The normalized spacial score (nSPS) is 11.8. The zero-order chi connectivity index (χ0) is 22.1. The number of nitrogens with one attached hydrogen (secondary N) is 1. The van der Waals surface area contributed by atoms with Gasteiger partial charge in [-0.3, -0.25) is 29.8 Å². The smallest absolute Gasteiger partial charge is 0.277 e. The van der Waals surface area contributed by atoms with Crippen LogP contribution in [0.1, 0.15) is 57.3 Å². The van der Waals surface area contributed by atoms with Gasteiger partial charge in [0.1, 0.15) is 6.04 Å². The molecule has 29 heavy (non-hydrogen) atoms. The number of hydrogen-bond donors (Lipinski definition) is 1. The lowest BCUT2D eigenvalue weighted by molar-refractivity contribution is -0.394. The van der Waals surface area contributed by atoms with Crippen molar-refractivity contribution < 1.29 is 19.4 Å². The summed E-state index contributed by atoms with van der Waals surface area (Å²) >= 11 is 0. The van der Waals surface area contributed by atoms with Crippen molar-refractivity contribution in [3.8, 4) is 0 Å². The minimum atomic E-state index is -0.820. The van der Waals surface area contributed by atoms with E-state index in [4.69, 9.17) is 0 Å². The second kappa shape index (κ2) is 11.1. The molecule has 0 saturated carbocycles. The Balaban J connectivity index is 3.19. The molecule has 0 aliphatic carbocycles. The van der Waals surface area contributed by atoms with E-state index in [-0.39, 0.29) is 17.4 Å². The van der Waals surface area contributed by atoms with Gasteiger partial charge in [0.25, 0.3) is 17.3 Å². The second-order valence-electron chi connectivity index (χ2n) is 7.23. The molecule has 0 radical (unpaired) electrons. The molecule has 0 aliphatic heterocycles. The van der Waals surface area contributed by atoms with Crippen molar-refractivity contribution in [1.82, 2.24) is 10.2 Å². The molecule has 1 aromatic carbocycles. The first-order chi connectivity index (χ1) is 13.6. The largest absolute Gasteiger partial charge is 0.341 e. The lowest BCUT2D eigenvalue weighted by atomic mass is 10.0. The van der Waals surface area contributed by atoms with E-state index < -0.39 is 33.2 Å². The molecule has 1 aromatic rings. The van der Waals surface area contributed by atoms with Crippen LogP contribution in [0.4, 0.5) is 11.4 Å².